The molecule has 32 heavy (non-hydrogen) atoms. The van der Waals surface area contributed by atoms with E-state index in [0.717, 1.165) is 10.4 Å². The highest BCUT2D eigenvalue weighted by Gasteiger charge is 2.23. The van der Waals surface area contributed by atoms with E-state index >= 15 is 0 Å². The number of benzene rings is 2. The number of ketones is 1. The van der Waals surface area contributed by atoms with Crippen molar-refractivity contribution >= 4 is 23.1 Å². The molecule has 3 rings (SSSR count). The van der Waals surface area contributed by atoms with Gasteiger partial charge in [0.25, 0.3) is 0 Å². The van der Waals surface area contributed by atoms with Crippen LogP contribution in [0.4, 0.5) is 0 Å². The van der Waals surface area contributed by atoms with Crippen LogP contribution in [-0.2, 0) is 4.79 Å². The maximum Gasteiger partial charge on any atom is 0.341 e. The van der Waals surface area contributed by atoms with Crippen LogP contribution in [0.1, 0.15) is 15.9 Å². The van der Waals surface area contributed by atoms with Gasteiger partial charge in [0.2, 0.25) is 5.75 Å². The topological polar surface area (TPSA) is 101 Å². The number of carbonyl (C=O) groups excluding carboxylic acids is 1. The molecule has 9 heteroatoms. The number of carboxylic acids is 1. The third-order valence-electron chi connectivity index (χ3n) is 4.62. The molecule has 0 amide bonds. The Morgan fingerprint density at radius 1 is 0.875 bits per heavy atom. The molecule has 0 aliphatic heterocycles. The summed E-state index contributed by atoms with van der Waals surface area (Å²) >= 11 is 1.52. The smallest absolute Gasteiger partial charge is 0.341 e. The van der Waals surface area contributed by atoms with Gasteiger partial charge in [0, 0.05) is 22.1 Å². The lowest BCUT2D eigenvalue weighted by Crippen LogP contribution is -2.12. The maximum atomic E-state index is 13.5. The number of carboxylic acid groups (broad SMARTS) is 1. The van der Waals surface area contributed by atoms with Crippen molar-refractivity contribution in [3.8, 4) is 39.2 Å². The SMILES string of the molecule is COc1cc(OC)c(-c2cccs2)cc1C(=O)c1cc(OC)c(OCC(=O)O)c(OC)c1. The van der Waals surface area contributed by atoms with E-state index in [0.29, 0.717) is 17.1 Å². The Balaban J connectivity index is 2.12. The Morgan fingerprint density at radius 2 is 1.50 bits per heavy atom. The molecule has 0 atom stereocenters. The van der Waals surface area contributed by atoms with Gasteiger partial charge in [-0.3, -0.25) is 4.79 Å². The number of thiophene rings is 1. The molecule has 1 N–H and O–H groups in total. The molecule has 1 aromatic heterocycles. The Hall–Kier alpha value is -3.72. The summed E-state index contributed by atoms with van der Waals surface area (Å²) in [6.45, 7) is -0.587. The highest BCUT2D eigenvalue weighted by molar-refractivity contribution is 7.13. The number of hydrogen-bond donors (Lipinski definition) is 1. The number of rotatable bonds is 10. The Kier molecular flexibility index (Phi) is 7.21. The lowest BCUT2D eigenvalue weighted by Gasteiger charge is -2.17. The molecule has 0 saturated heterocycles. The van der Waals surface area contributed by atoms with Crippen LogP contribution in [0.3, 0.4) is 0 Å². The summed E-state index contributed by atoms with van der Waals surface area (Å²) in [4.78, 5) is 25.3. The van der Waals surface area contributed by atoms with Gasteiger partial charge in [0.1, 0.15) is 11.5 Å². The minimum absolute atomic E-state index is 0.0925. The first-order valence-corrected chi connectivity index (χ1v) is 10.3. The molecule has 2 aromatic carbocycles. The van der Waals surface area contributed by atoms with Crippen molar-refractivity contribution in [2.75, 3.05) is 35.0 Å². The zero-order valence-corrected chi connectivity index (χ0v) is 18.8. The van der Waals surface area contributed by atoms with Crippen molar-refractivity contribution in [2.24, 2.45) is 0 Å². The van der Waals surface area contributed by atoms with Crippen LogP contribution in [0.15, 0.2) is 41.8 Å². The van der Waals surface area contributed by atoms with Crippen LogP contribution in [0.5, 0.6) is 28.7 Å². The fourth-order valence-corrected chi connectivity index (χ4v) is 3.89. The van der Waals surface area contributed by atoms with Crippen molar-refractivity contribution in [3.63, 3.8) is 0 Å². The van der Waals surface area contributed by atoms with Gasteiger partial charge in [-0.25, -0.2) is 4.79 Å². The molecule has 0 aliphatic rings. The van der Waals surface area contributed by atoms with E-state index in [9.17, 15) is 9.59 Å². The molecule has 0 fully saturated rings. The summed E-state index contributed by atoms with van der Waals surface area (Å²) in [5.74, 6) is -0.151. The number of methoxy groups -OCH3 is 4. The fourth-order valence-electron chi connectivity index (χ4n) is 3.14. The van der Waals surface area contributed by atoms with Crippen LogP contribution in [0.2, 0.25) is 0 Å². The fraction of sp³-hybridized carbons (Fsp3) is 0.217. The predicted molar refractivity (Wildman–Crippen MR) is 119 cm³/mol. The van der Waals surface area contributed by atoms with Gasteiger partial charge in [-0.1, -0.05) is 6.07 Å². The van der Waals surface area contributed by atoms with E-state index in [1.165, 1.54) is 44.8 Å². The summed E-state index contributed by atoms with van der Waals surface area (Å²) < 4.78 is 26.9. The van der Waals surface area contributed by atoms with Gasteiger partial charge in [0.05, 0.1) is 34.0 Å². The lowest BCUT2D eigenvalue weighted by molar-refractivity contribution is -0.139. The highest BCUT2D eigenvalue weighted by Crippen LogP contribution is 2.42. The van der Waals surface area contributed by atoms with Crippen LogP contribution in [0.25, 0.3) is 10.4 Å². The maximum absolute atomic E-state index is 13.5. The van der Waals surface area contributed by atoms with Crippen LogP contribution in [-0.4, -0.2) is 51.9 Å². The predicted octanol–water partition coefficient (Wildman–Crippen LogP) is 4.14. The van der Waals surface area contributed by atoms with Gasteiger partial charge in [-0.05, 0) is 29.6 Å². The molecule has 0 aliphatic carbocycles. The van der Waals surface area contributed by atoms with Crippen molar-refractivity contribution in [3.05, 3.63) is 52.9 Å². The first kappa shape index (κ1) is 23.0. The van der Waals surface area contributed by atoms with Crippen LogP contribution in [0, 0.1) is 0 Å². The Bertz CT molecular complexity index is 1100. The minimum Gasteiger partial charge on any atom is -0.496 e. The van der Waals surface area contributed by atoms with E-state index in [1.807, 2.05) is 17.5 Å². The van der Waals surface area contributed by atoms with Crippen molar-refractivity contribution in [1.29, 1.82) is 0 Å². The molecule has 3 aromatic rings. The van der Waals surface area contributed by atoms with Gasteiger partial charge in [-0.2, -0.15) is 0 Å². The summed E-state index contributed by atoms with van der Waals surface area (Å²) in [6, 6.07) is 10.2. The Morgan fingerprint density at radius 3 is 2.00 bits per heavy atom. The molecular formula is C23H22O8S. The normalized spacial score (nSPS) is 10.4. The van der Waals surface area contributed by atoms with E-state index < -0.39 is 12.6 Å². The van der Waals surface area contributed by atoms with Gasteiger partial charge < -0.3 is 28.8 Å². The highest BCUT2D eigenvalue weighted by atomic mass is 32.1. The standard InChI is InChI=1S/C23H22O8S/c1-27-16-11-17(28-2)15(10-14(16)20-6-5-7-32-20)22(26)13-8-18(29-3)23(19(9-13)30-4)31-12-21(24)25/h5-11H,12H2,1-4H3,(H,24,25). The second-order valence-electron chi connectivity index (χ2n) is 6.45. The first-order valence-electron chi connectivity index (χ1n) is 9.38. The third-order valence-corrected chi connectivity index (χ3v) is 5.52. The quantitative estimate of drug-likeness (QED) is 0.453. The summed E-state index contributed by atoms with van der Waals surface area (Å²) in [5, 5.41) is 10.9. The average Bonchev–Trinajstić information content (AvgIpc) is 3.35. The number of hydrogen-bond acceptors (Lipinski definition) is 8. The monoisotopic (exact) mass is 458 g/mol. The number of ether oxygens (including phenoxy) is 5. The van der Waals surface area contributed by atoms with E-state index in [-0.39, 0.29) is 28.6 Å². The molecule has 8 nitrogen and oxygen atoms in total. The summed E-state index contributed by atoms with van der Waals surface area (Å²) in [6.07, 6.45) is 0. The molecular weight excluding hydrogens is 436 g/mol. The van der Waals surface area contributed by atoms with E-state index in [1.54, 1.807) is 19.2 Å². The average molecular weight is 458 g/mol. The Labute approximate surface area is 188 Å². The summed E-state index contributed by atoms with van der Waals surface area (Å²) in [5.41, 5.74) is 1.33. The van der Waals surface area contributed by atoms with Crippen molar-refractivity contribution in [1.82, 2.24) is 0 Å². The molecule has 0 bridgehead atoms. The van der Waals surface area contributed by atoms with Gasteiger partial charge in [-0.15, -0.1) is 11.3 Å². The van der Waals surface area contributed by atoms with Crippen molar-refractivity contribution in [2.45, 2.75) is 0 Å². The minimum atomic E-state index is -1.15. The molecule has 0 saturated carbocycles. The molecule has 1 heterocycles. The first-order chi connectivity index (χ1) is 15.4. The zero-order chi connectivity index (χ0) is 23.3. The number of carbonyl (C=O) groups is 2. The van der Waals surface area contributed by atoms with Gasteiger partial charge in [0.15, 0.2) is 23.9 Å². The largest absolute Gasteiger partial charge is 0.496 e. The van der Waals surface area contributed by atoms with Crippen molar-refractivity contribution < 1.29 is 38.4 Å². The number of aliphatic carboxylic acids is 1. The van der Waals surface area contributed by atoms with Gasteiger partial charge >= 0.3 is 5.97 Å². The molecule has 0 unspecified atom stereocenters. The molecule has 168 valence electrons. The zero-order valence-electron chi connectivity index (χ0n) is 18.0. The second kappa shape index (κ2) is 10.1. The molecule has 0 radical (unpaired) electrons. The molecule has 0 spiro atoms. The second-order valence-corrected chi connectivity index (χ2v) is 7.40. The van der Waals surface area contributed by atoms with E-state index in [4.69, 9.17) is 28.8 Å². The van der Waals surface area contributed by atoms with Crippen LogP contribution < -0.4 is 23.7 Å². The third kappa shape index (κ3) is 4.62. The lowest BCUT2D eigenvalue weighted by atomic mass is 9.98. The van der Waals surface area contributed by atoms with E-state index in [2.05, 4.69) is 0 Å². The summed E-state index contributed by atoms with van der Waals surface area (Å²) in [7, 11) is 5.80. The van der Waals surface area contributed by atoms with Crippen LogP contribution >= 0.6 is 11.3 Å².